The van der Waals surface area contributed by atoms with E-state index in [9.17, 15) is 4.79 Å². The van der Waals surface area contributed by atoms with Crippen LogP contribution in [0.2, 0.25) is 0 Å². The molecule has 0 saturated carbocycles. The highest BCUT2D eigenvalue weighted by Gasteiger charge is 2.28. The Morgan fingerprint density at radius 3 is 3.19 bits per heavy atom. The standard InChI is InChI=1S/C10H17N5O/c1-10(3-2-4-12-10)8-11-9(16)7-15-6-5-13-14-15/h5-6,12H,2-4,7-8H2,1H3,(H,11,16). The number of hydrogen-bond donors (Lipinski definition) is 2. The third kappa shape index (κ3) is 2.79. The Morgan fingerprint density at radius 1 is 1.69 bits per heavy atom. The Labute approximate surface area is 94.4 Å². The highest BCUT2D eigenvalue weighted by molar-refractivity contribution is 5.75. The molecule has 0 aromatic carbocycles. The molecule has 1 saturated heterocycles. The van der Waals surface area contributed by atoms with Gasteiger partial charge in [-0.15, -0.1) is 5.10 Å². The van der Waals surface area contributed by atoms with E-state index in [2.05, 4.69) is 27.9 Å². The number of aromatic nitrogens is 3. The molecular formula is C10H17N5O. The van der Waals surface area contributed by atoms with E-state index in [0.717, 1.165) is 13.0 Å². The minimum absolute atomic E-state index is 0.0274. The lowest BCUT2D eigenvalue weighted by atomic mass is 10.0. The summed E-state index contributed by atoms with van der Waals surface area (Å²) in [7, 11) is 0. The largest absolute Gasteiger partial charge is 0.353 e. The molecule has 2 heterocycles. The van der Waals surface area contributed by atoms with Crippen molar-refractivity contribution in [2.45, 2.75) is 31.8 Å². The first-order chi connectivity index (χ1) is 7.68. The third-order valence-electron chi connectivity index (χ3n) is 2.91. The Hall–Kier alpha value is -1.43. The van der Waals surface area contributed by atoms with Gasteiger partial charge in [-0.25, -0.2) is 4.68 Å². The number of nitrogens with one attached hydrogen (secondary N) is 2. The molecule has 1 amide bonds. The van der Waals surface area contributed by atoms with Crippen molar-refractivity contribution in [1.82, 2.24) is 25.6 Å². The van der Waals surface area contributed by atoms with Gasteiger partial charge in [0.1, 0.15) is 6.54 Å². The quantitative estimate of drug-likeness (QED) is 0.724. The molecule has 2 rings (SSSR count). The average molecular weight is 223 g/mol. The molecule has 1 aliphatic rings. The normalized spacial score (nSPS) is 24.6. The van der Waals surface area contributed by atoms with Gasteiger partial charge in [-0.1, -0.05) is 5.21 Å². The number of hydrogen-bond acceptors (Lipinski definition) is 4. The average Bonchev–Trinajstić information content (AvgIpc) is 2.88. The Kier molecular flexibility index (Phi) is 3.19. The van der Waals surface area contributed by atoms with E-state index in [-0.39, 0.29) is 18.0 Å². The molecule has 1 fully saturated rings. The van der Waals surface area contributed by atoms with E-state index in [1.165, 1.54) is 11.1 Å². The molecule has 2 N–H and O–H groups in total. The number of rotatable bonds is 4. The van der Waals surface area contributed by atoms with Crippen LogP contribution in [0.15, 0.2) is 12.4 Å². The maximum absolute atomic E-state index is 11.6. The molecule has 1 aromatic heterocycles. The zero-order valence-corrected chi connectivity index (χ0v) is 9.44. The molecule has 6 nitrogen and oxygen atoms in total. The van der Waals surface area contributed by atoms with Crippen LogP contribution in [-0.4, -0.2) is 39.5 Å². The Balaban J connectivity index is 1.75. The first-order valence-corrected chi connectivity index (χ1v) is 5.54. The van der Waals surface area contributed by atoms with Gasteiger partial charge in [-0.05, 0) is 26.3 Å². The van der Waals surface area contributed by atoms with E-state index in [4.69, 9.17) is 0 Å². The predicted molar refractivity (Wildman–Crippen MR) is 58.7 cm³/mol. The Bertz CT molecular complexity index is 342. The van der Waals surface area contributed by atoms with Crippen molar-refractivity contribution in [3.63, 3.8) is 0 Å². The second-order valence-electron chi connectivity index (χ2n) is 4.47. The van der Waals surface area contributed by atoms with Gasteiger partial charge in [-0.3, -0.25) is 4.79 Å². The lowest BCUT2D eigenvalue weighted by Gasteiger charge is -2.24. The topological polar surface area (TPSA) is 71.8 Å². The van der Waals surface area contributed by atoms with Crippen molar-refractivity contribution in [3.8, 4) is 0 Å². The monoisotopic (exact) mass is 223 g/mol. The summed E-state index contributed by atoms with van der Waals surface area (Å²) in [5, 5.41) is 13.7. The lowest BCUT2D eigenvalue weighted by molar-refractivity contribution is -0.122. The molecule has 0 radical (unpaired) electrons. The second kappa shape index (κ2) is 4.61. The summed E-state index contributed by atoms with van der Waals surface area (Å²) in [6, 6.07) is 0. The van der Waals surface area contributed by atoms with Crippen LogP contribution in [0, 0.1) is 0 Å². The minimum atomic E-state index is -0.0274. The number of carbonyl (C=O) groups excluding carboxylic acids is 1. The molecule has 1 atom stereocenters. The second-order valence-corrected chi connectivity index (χ2v) is 4.47. The first kappa shape index (κ1) is 11.1. The van der Waals surface area contributed by atoms with Crippen LogP contribution in [0.25, 0.3) is 0 Å². The minimum Gasteiger partial charge on any atom is -0.353 e. The SMILES string of the molecule is CC1(CNC(=O)Cn2ccnn2)CCCN1. The number of amides is 1. The van der Waals surface area contributed by atoms with E-state index >= 15 is 0 Å². The van der Waals surface area contributed by atoms with Crippen LogP contribution < -0.4 is 10.6 Å². The molecule has 1 unspecified atom stereocenters. The summed E-state index contributed by atoms with van der Waals surface area (Å²) in [4.78, 5) is 11.6. The van der Waals surface area contributed by atoms with E-state index in [1.54, 1.807) is 12.4 Å². The Morgan fingerprint density at radius 2 is 2.56 bits per heavy atom. The van der Waals surface area contributed by atoms with Crippen molar-refractivity contribution < 1.29 is 4.79 Å². The predicted octanol–water partition coefficient (Wildman–Crippen LogP) is -0.464. The van der Waals surface area contributed by atoms with Crippen molar-refractivity contribution in [2.75, 3.05) is 13.1 Å². The summed E-state index contributed by atoms with van der Waals surface area (Å²) in [6.45, 7) is 4.07. The van der Waals surface area contributed by atoms with Crippen LogP contribution in [0.5, 0.6) is 0 Å². The molecule has 6 heteroatoms. The van der Waals surface area contributed by atoms with Gasteiger partial charge in [0.25, 0.3) is 0 Å². The van der Waals surface area contributed by atoms with Crippen LogP contribution in [-0.2, 0) is 11.3 Å². The van der Waals surface area contributed by atoms with Crippen molar-refractivity contribution >= 4 is 5.91 Å². The van der Waals surface area contributed by atoms with Crippen LogP contribution in [0.4, 0.5) is 0 Å². The van der Waals surface area contributed by atoms with Crippen LogP contribution in [0.3, 0.4) is 0 Å². The van der Waals surface area contributed by atoms with Crippen LogP contribution in [0.1, 0.15) is 19.8 Å². The molecule has 88 valence electrons. The van der Waals surface area contributed by atoms with Gasteiger partial charge in [0.2, 0.25) is 5.91 Å². The van der Waals surface area contributed by atoms with Gasteiger partial charge in [-0.2, -0.15) is 0 Å². The molecule has 1 aliphatic heterocycles. The summed E-state index contributed by atoms with van der Waals surface area (Å²) < 4.78 is 1.51. The molecule has 0 aliphatic carbocycles. The maximum Gasteiger partial charge on any atom is 0.241 e. The molecule has 0 spiro atoms. The zero-order valence-electron chi connectivity index (χ0n) is 9.44. The highest BCUT2D eigenvalue weighted by atomic mass is 16.2. The number of nitrogens with zero attached hydrogens (tertiary/aromatic N) is 3. The van der Waals surface area contributed by atoms with E-state index in [0.29, 0.717) is 6.54 Å². The summed E-state index contributed by atoms with van der Waals surface area (Å²) in [5.74, 6) is -0.0274. The van der Waals surface area contributed by atoms with Crippen molar-refractivity contribution in [1.29, 1.82) is 0 Å². The summed E-state index contributed by atoms with van der Waals surface area (Å²) >= 11 is 0. The molecular weight excluding hydrogens is 206 g/mol. The first-order valence-electron chi connectivity index (χ1n) is 5.54. The summed E-state index contributed by atoms with van der Waals surface area (Å²) in [6.07, 6.45) is 5.52. The fourth-order valence-corrected chi connectivity index (χ4v) is 1.92. The molecule has 16 heavy (non-hydrogen) atoms. The van der Waals surface area contributed by atoms with E-state index < -0.39 is 0 Å². The van der Waals surface area contributed by atoms with Crippen molar-refractivity contribution in [2.24, 2.45) is 0 Å². The van der Waals surface area contributed by atoms with Crippen LogP contribution >= 0.6 is 0 Å². The fraction of sp³-hybridized carbons (Fsp3) is 0.700. The maximum atomic E-state index is 11.6. The van der Waals surface area contributed by atoms with Gasteiger partial charge < -0.3 is 10.6 Å². The lowest BCUT2D eigenvalue weighted by Crippen LogP contribution is -2.47. The van der Waals surface area contributed by atoms with E-state index in [1.807, 2.05) is 0 Å². The van der Waals surface area contributed by atoms with Gasteiger partial charge in [0, 0.05) is 18.3 Å². The highest BCUT2D eigenvalue weighted by Crippen LogP contribution is 2.16. The smallest absolute Gasteiger partial charge is 0.241 e. The van der Waals surface area contributed by atoms with Gasteiger partial charge in [0.15, 0.2) is 0 Å². The molecule has 1 aromatic rings. The number of carbonyl (C=O) groups is 1. The zero-order chi connectivity index (χ0) is 11.4. The third-order valence-corrected chi connectivity index (χ3v) is 2.91. The van der Waals surface area contributed by atoms with Gasteiger partial charge >= 0.3 is 0 Å². The van der Waals surface area contributed by atoms with Crippen molar-refractivity contribution in [3.05, 3.63) is 12.4 Å². The fourth-order valence-electron chi connectivity index (χ4n) is 1.92. The summed E-state index contributed by atoms with van der Waals surface area (Å²) in [5.41, 5.74) is 0.0536. The van der Waals surface area contributed by atoms with Gasteiger partial charge in [0.05, 0.1) is 6.20 Å². The molecule has 0 bridgehead atoms.